The van der Waals surface area contributed by atoms with E-state index in [9.17, 15) is 9.59 Å². The van der Waals surface area contributed by atoms with Crippen molar-refractivity contribution in [2.24, 2.45) is 0 Å². The molecule has 0 radical (unpaired) electrons. The Bertz CT molecular complexity index is 810. The molecule has 24 heavy (non-hydrogen) atoms. The van der Waals surface area contributed by atoms with E-state index >= 15 is 0 Å². The highest BCUT2D eigenvalue weighted by Gasteiger charge is 2.34. The van der Waals surface area contributed by atoms with Gasteiger partial charge in [0.2, 0.25) is 0 Å². The number of anilines is 1. The largest absolute Gasteiger partial charge is 0.328 e. The number of carbonyl (C=O) groups excluding carboxylic acids is 2. The minimum atomic E-state index is -0.618. The lowest BCUT2D eigenvalue weighted by atomic mass is 10.1. The minimum absolute atomic E-state index is 0.267. The fourth-order valence-corrected chi connectivity index (χ4v) is 3.22. The molecule has 1 saturated heterocycles. The first-order chi connectivity index (χ1) is 11.5. The van der Waals surface area contributed by atoms with Crippen molar-refractivity contribution in [2.45, 2.75) is 6.54 Å². The van der Waals surface area contributed by atoms with E-state index in [0.717, 1.165) is 5.56 Å². The van der Waals surface area contributed by atoms with Crippen molar-refractivity contribution in [2.75, 3.05) is 18.0 Å². The molecule has 2 aromatic rings. The molecule has 1 aliphatic rings. The number of benzene rings is 2. The Morgan fingerprint density at radius 2 is 1.67 bits per heavy atom. The van der Waals surface area contributed by atoms with Gasteiger partial charge < -0.3 is 9.80 Å². The Labute approximate surface area is 154 Å². The van der Waals surface area contributed by atoms with Gasteiger partial charge in [0.15, 0.2) is 0 Å². The summed E-state index contributed by atoms with van der Waals surface area (Å²) >= 11 is 18.1. The molecule has 0 atom stereocenters. The lowest BCUT2D eigenvalue weighted by Gasteiger charge is -2.34. The Balaban J connectivity index is 1.79. The van der Waals surface area contributed by atoms with Crippen LogP contribution in [0.2, 0.25) is 15.1 Å². The molecule has 2 amide bonds. The Morgan fingerprint density at radius 1 is 0.917 bits per heavy atom. The summed E-state index contributed by atoms with van der Waals surface area (Å²) in [5, 5.41) is 1.20. The SMILES string of the molecule is O=C1C(=O)N(c2cccc(Cl)c2Cl)CCN1Cc1cccc(Cl)c1. The van der Waals surface area contributed by atoms with E-state index in [1.807, 2.05) is 12.1 Å². The first-order valence-corrected chi connectivity index (χ1v) is 8.40. The minimum Gasteiger partial charge on any atom is -0.328 e. The predicted octanol–water partition coefficient (Wildman–Crippen LogP) is 4.02. The Kier molecular flexibility index (Phi) is 4.99. The second-order valence-electron chi connectivity index (χ2n) is 5.39. The Morgan fingerprint density at radius 3 is 2.42 bits per heavy atom. The second-order valence-corrected chi connectivity index (χ2v) is 6.61. The third-order valence-corrected chi connectivity index (χ3v) is 4.84. The van der Waals surface area contributed by atoms with Gasteiger partial charge in [-0.2, -0.15) is 0 Å². The van der Waals surface area contributed by atoms with Crippen LogP contribution >= 0.6 is 34.8 Å². The lowest BCUT2D eigenvalue weighted by molar-refractivity contribution is -0.146. The molecule has 1 heterocycles. The summed E-state index contributed by atoms with van der Waals surface area (Å²) in [5.74, 6) is -1.19. The smallest absolute Gasteiger partial charge is 0.316 e. The molecule has 2 aromatic carbocycles. The highest BCUT2D eigenvalue weighted by Crippen LogP contribution is 2.33. The topological polar surface area (TPSA) is 40.6 Å². The standard InChI is InChI=1S/C17H13Cl3N2O2/c18-12-4-1-3-11(9-12)10-21-7-8-22(17(24)16(21)23)14-6-2-5-13(19)15(14)20/h1-6,9H,7-8,10H2. The van der Waals surface area contributed by atoms with Crippen molar-refractivity contribution in [3.8, 4) is 0 Å². The van der Waals surface area contributed by atoms with Crippen LogP contribution in [0.15, 0.2) is 42.5 Å². The number of rotatable bonds is 3. The van der Waals surface area contributed by atoms with Crippen LogP contribution in [0.3, 0.4) is 0 Å². The van der Waals surface area contributed by atoms with Gasteiger partial charge in [0.25, 0.3) is 0 Å². The molecule has 0 saturated carbocycles. The number of carbonyl (C=O) groups is 2. The summed E-state index contributed by atoms with van der Waals surface area (Å²) in [6, 6.07) is 12.2. The molecule has 7 heteroatoms. The van der Waals surface area contributed by atoms with Crippen LogP contribution in [0, 0.1) is 0 Å². The molecule has 0 bridgehead atoms. The zero-order valence-corrected chi connectivity index (χ0v) is 14.8. The third-order valence-electron chi connectivity index (χ3n) is 3.79. The second kappa shape index (κ2) is 7.01. The highest BCUT2D eigenvalue weighted by molar-refractivity contribution is 6.46. The molecule has 0 aromatic heterocycles. The summed E-state index contributed by atoms with van der Waals surface area (Å²) in [4.78, 5) is 27.8. The predicted molar refractivity (Wildman–Crippen MR) is 95.7 cm³/mol. The van der Waals surface area contributed by atoms with Crippen molar-refractivity contribution in [1.82, 2.24) is 4.90 Å². The van der Waals surface area contributed by atoms with Crippen LogP contribution < -0.4 is 4.90 Å². The lowest BCUT2D eigenvalue weighted by Crippen LogP contribution is -2.54. The van der Waals surface area contributed by atoms with Gasteiger partial charge in [0.1, 0.15) is 0 Å². The van der Waals surface area contributed by atoms with Gasteiger partial charge in [-0.25, -0.2) is 0 Å². The van der Waals surface area contributed by atoms with Gasteiger partial charge in [-0.15, -0.1) is 0 Å². The van der Waals surface area contributed by atoms with E-state index in [2.05, 4.69) is 0 Å². The molecule has 1 aliphatic heterocycles. The first kappa shape index (κ1) is 17.1. The van der Waals surface area contributed by atoms with E-state index in [1.54, 1.807) is 30.3 Å². The number of hydrogen-bond acceptors (Lipinski definition) is 2. The van der Waals surface area contributed by atoms with E-state index in [-0.39, 0.29) is 5.02 Å². The molecule has 124 valence electrons. The van der Waals surface area contributed by atoms with Gasteiger partial charge in [-0.1, -0.05) is 53.0 Å². The average Bonchev–Trinajstić information content (AvgIpc) is 2.55. The van der Waals surface area contributed by atoms with E-state index in [0.29, 0.717) is 35.4 Å². The zero-order valence-electron chi connectivity index (χ0n) is 12.5. The van der Waals surface area contributed by atoms with E-state index in [4.69, 9.17) is 34.8 Å². The van der Waals surface area contributed by atoms with Gasteiger partial charge >= 0.3 is 11.8 Å². The van der Waals surface area contributed by atoms with Crippen LogP contribution in [-0.2, 0) is 16.1 Å². The fourth-order valence-electron chi connectivity index (χ4n) is 2.61. The van der Waals surface area contributed by atoms with E-state index in [1.165, 1.54) is 9.80 Å². The maximum absolute atomic E-state index is 12.5. The number of amides is 2. The summed E-state index contributed by atoms with van der Waals surface area (Å²) in [5.41, 5.74) is 1.32. The number of hydrogen-bond donors (Lipinski definition) is 0. The van der Waals surface area contributed by atoms with Crippen molar-refractivity contribution in [1.29, 1.82) is 0 Å². The normalized spacial score (nSPS) is 15.1. The van der Waals surface area contributed by atoms with Gasteiger partial charge in [-0.3, -0.25) is 9.59 Å². The van der Waals surface area contributed by atoms with Gasteiger partial charge in [0, 0.05) is 24.7 Å². The van der Waals surface area contributed by atoms with Crippen LogP contribution in [-0.4, -0.2) is 29.8 Å². The number of piperazine rings is 1. The van der Waals surface area contributed by atoms with Crippen LogP contribution in [0.25, 0.3) is 0 Å². The van der Waals surface area contributed by atoms with Crippen molar-refractivity contribution in [3.63, 3.8) is 0 Å². The molecule has 1 fully saturated rings. The maximum atomic E-state index is 12.5. The molecular weight excluding hydrogens is 371 g/mol. The molecule has 0 spiro atoms. The van der Waals surface area contributed by atoms with E-state index < -0.39 is 11.8 Å². The molecular formula is C17H13Cl3N2O2. The van der Waals surface area contributed by atoms with Crippen LogP contribution in [0.1, 0.15) is 5.56 Å². The van der Waals surface area contributed by atoms with Crippen LogP contribution in [0.4, 0.5) is 5.69 Å². The molecule has 0 unspecified atom stereocenters. The van der Waals surface area contributed by atoms with Crippen LogP contribution in [0.5, 0.6) is 0 Å². The molecule has 0 N–H and O–H groups in total. The summed E-state index contributed by atoms with van der Waals surface area (Å²) in [7, 11) is 0. The van der Waals surface area contributed by atoms with Crippen molar-refractivity contribution < 1.29 is 9.59 Å². The third kappa shape index (κ3) is 3.36. The quantitative estimate of drug-likeness (QED) is 0.751. The summed E-state index contributed by atoms with van der Waals surface area (Å²) in [6.45, 7) is 1.09. The first-order valence-electron chi connectivity index (χ1n) is 7.26. The molecule has 0 aliphatic carbocycles. The maximum Gasteiger partial charge on any atom is 0.316 e. The number of halogens is 3. The average molecular weight is 384 g/mol. The zero-order chi connectivity index (χ0) is 17.3. The number of nitrogens with zero attached hydrogens (tertiary/aromatic N) is 2. The van der Waals surface area contributed by atoms with Crippen molar-refractivity contribution in [3.05, 3.63) is 63.1 Å². The summed E-state index contributed by atoms with van der Waals surface area (Å²) < 4.78 is 0. The Hall–Kier alpha value is -1.75. The molecule has 3 rings (SSSR count). The monoisotopic (exact) mass is 382 g/mol. The highest BCUT2D eigenvalue weighted by atomic mass is 35.5. The van der Waals surface area contributed by atoms with Gasteiger partial charge in [-0.05, 0) is 29.8 Å². The van der Waals surface area contributed by atoms with Crippen molar-refractivity contribution >= 4 is 52.3 Å². The van der Waals surface area contributed by atoms with Gasteiger partial charge in [0.05, 0.1) is 15.7 Å². The fraction of sp³-hybridized carbons (Fsp3) is 0.176. The summed E-state index contributed by atoms with van der Waals surface area (Å²) in [6.07, 6.45) is 0. The molecule has 4 nitrogen and oxygen atoms in total.